The van der Waals surface area contributed by atoms with Crippen LogP contribution in [0.1, 0.15) is 25.5 Å². The summed E-state index contributed by atoms with van der Waals surface area (Å²) in [4.78, 5) is 16.5. The average molecular weight is 369 g/mol. The quantitative estimate of drug-likeness (QED) is 0.828. The van der Waals surface area contributed by atoms with Crippen LogP contribution in [-0.2, 0) is 0 Å². The summed E-state index contributed by atoms with van der Waals surface area (Å²) >= 11 is 0. The molecule has 0 atom stereocenters. The third kappa shape index (κ3) is 4.15. The summed E-state index contributed by atoms with van der Waals surface area (Å²) in [6, 6.07) is 8.86. The molecule has 0 N–H and O–H groups in total. The van der Waals surface area contributed by atoms with Gasteiger partial charge in [0.2, 0.25) is 5.95 Å². The van der Waals surface area contributed by atoms with Gasteiger partial charge in [0, 0.05) is 56.7 Å². The van der Waals surface area contributed by atoms with Crippen LogP contribution in [0.4, 0.5) is 21.8 Å². The van der Waals surface area contributed by atoms with E-state index in [0.29, 0.717) is 0 Å². The van der Waals surface area contributed by atoms with Gasteiger partial charge in [-0.15, -0.1) is 0 Å². The summed E-state index contributed by atoms with van der Waals surface area (Å²) in [5, 5.41) is 0. The van der Waals surface area contributed by atoms with Crippen molar-refractivity contribution < 1.29 is 4.39 Å². The molecule has 5 nitrogen and oxygen atoms in total. The fourth-order valence-electron chi connectivity index (χ4n) is 3.89. The van der Waals surface area contributed by atoms with Gasteiger partial charge in [-0.2, -0.15) is 4.98 Å². The molecular weight excluding hydrogens is 341 g/mol. The first-order valence-electron chi connectivity index (χ1n) is 9.94. The molecule has 0 aliphatic carbocycles. The zero-order chi connectivity index (χ0) is 18.8. The van der Waals surface area contributed by atoms with Gasteiger partial charge in [-0.3, -0.25) is 0 Å². The number of nitrogens with zero attached hydrogens (tertiary/aromatic N) is 5. The SMILES string of the molecule is Cc1cc(N2CCC(C)CC2)nc(N2CCN(c3ccc(F)cc3)CC2)n1. The highest BCUT2D eigenvalue weighted by molar-refractivity contribution is 5.50. The Morgan fingerprint density at radius 1 is 0.852 bits per heavy atom. The maximum Gasteiger partial charge on any atom is 0.227 e. The number of anilines is 3. The standard InChI is InChI=1S/C21H28FN5/c1-16-7-9-26(10-8-16)20-15-17(2)23-21(24-20)27-13-11-25(12-14-27)19-5-3-18(22)4-6-19/h3-6,15-16H,7-14H2,1-2H3. The number of hydrogen-bond acceptors (Lipinski definition) is 5. The molecule has 0 saturated carbocycles. The van der Waals surface area contributed by atoms with Crippen LogP contribution >= 0.6 is 0 Å². The zero-order valence-corrected chi connectivity index (χ0v) is 16.2. The lowest BCUT2D eigenvalue weighted by molar-refractivity contribution is 0.436. The van der Waals surface area contributed by atoms with Gasteiger partial charge in [0.1, 0.15) is 11.6 Å². The molecule has 1 aromatic heterocycles. The molecule has 2 aliphatic rings. The zero-order valence-electron chi connectivity index (χ0n) is 16.2. The van der Waals surface area contributed by atoms with E-state index in [9.17, 15) is 4.39 Å². The monoisotopic (exact) mass is 369 g/mol. The first-order chi connectivity index (χ1) is 13.1. The van der Waals surface area contributed by atoms with Crippen molar-refractivity contribution in [3.63, 3.8) is 0 Å². The fraction of sp³-hybridized carbons (Fsp3) is 0.524. The Bertz CT molecular complexity index is 763. The number of aryl methyl sites for hydroxylation is 1. The predicted molar refractivity (Wildman–Crippen MR) is 108 cm³/mol. The molecule has 2 aliphatic heterocycles. The van der Waals surface area contributed by atoms with Gasteiger partial charge in [-0.25, -0.2) is 9.37 Å². The number of hydrogen-bond donors (Lipinski definition) is 0. The molecule has 0 radical (unpaired) electrons. The highest BCUT2D eigenvalue weighted by atomic mass is 19.1. The number of benzene rings is 1. The third-order valence-corrected chi connectivity index (χ3v) is 5.69. The second-order valence-corrected chi connectivity index (χ2v) is 7.79. The lowest BCUT2D eigenvalue weighted by Gasteiger charge is -2.37. The molecule has 2 aromatic rings. The number of halogens is 1. The molecular formula is C21H28FN5. The summed E-state index contributed by atoms with van der Waals surface area (Å²) in [5.41, 5.74) is 2.10. The minimum absolute atomic E-state index is 0.190. The molecule has 4 rings (SSSR count). The summed E-state index contributed by atoms with van der Waals surface area (Å²) in [6.07, 6.45) is 2.46. The number of rotatable bonds is 3. The molecule has 0 bridgehead atoms. The van der Waals surface area contributed by atoms with E-state index in [-0.39, 0.29) is 5.82 Å². The number of aromatic nitrogens is 2. The molecule has 144 valence electrons. The molecule has 0 amide bonds. The van der Waals surface area contributed by atoms with Gasteiger partial charge >= 0.3 is 0 Å². The molecule has 27 heavy (non-hydrogen) atoms. The molecule has 2 fully saturated rings. The Kier molecular flexibility index (Phi) is 5.14. The van der Waals surface area contributed by atoms with Crippen LogP contribution in [0, 0.1) is 18.7 Å². The van der Waals surface area contributed by atoms with E-state index in [1.807, 2.05) is 12.1 Å². The molecule has 2 saturated heterocycles. The van der Waals surface area contributed by atoms with E-state index >= 15 is 0 Å². The third-order valence-electron chi connectivity index (χ3n) is 5.69. The van der Waals surface area contributed by atoms with Gasteiger partial charge in [-0.05, 0) is 49.9 Å². The second-order valence-electron chi connectivity index (χ2n) is 7.79. The highest BCUT2D eigenvalue weighted by Crippen LogP contribution is 2.25. The van der Waals surface area contributed by atoms with Crippen molar-refractivity contribution >= 4 is 17.5 Å². The normalized spacial score (nSPS) is 18.9. The van der Waals surface area contributed by atoms with Gasteiger partial charge in [0.25, 0.3) is 0 Å². The maximum atomic E-state index is 13.1. The van der Waals surface area contributed by atoms with E-state index in [1.165, 1.54) is 25.0 Å². The van der Waals surface area contributed by atoms with E-state index in [0.717, 1.165) is 68.3 Å². The smallest absolute Gasteiger partial charge is 0.227 e. The van der Waals surface area contributed by atoms with Gasteiger partial charge in [0.05, 0.1) is 0 Å². The van der Waals surface area contributed by atoms with Gasteiger partial charge < -0.3 is 14.7 Å². The summed E-state index contributed by atoms with van der Waals surface area (Å²) < 4.78 is 13.1. The van der Waals surface area contributed by atoms with Crippen molar-refractivity contribution in [3.8, 4) is 0 Å². The van der Waals surface area contributed by atoms with Gasteiger partial charge in [-0.1, -0.05) is 6.92 Å². The molecule has 0 spiro atoms. The van der Waals surface area contributed by atoms with E-state index < -0.39 is 0 Å². The predicted octanol–water partition coefficient (Wildman–Crippen LogP) is 3.49. The summed E-state index contributed by atoms with van der Waals surface area (Å²) in [7, 11) is 0. The first-order valence-corrected chi connectivity index (χ1v) is 9.94. The summed E-state index contributed by atoms with van der Waals surface area (Å²) in [5.74, 6) is 2.51. The topological polar surface area (TPSA) is 35.5 Å². The van der Waals surface area contributed by atoms with Crippen LogP contribution in [0.5, 0.6) is 0 Å². The van der Waals surface area contributed by atoms with E-state index in [2.05, 4.69) is 34.6 Å². The molecule has 1 aromatic carbocycles. The van der Waals surface area contributed by atoms with E-state index in [4.69, 9.17) is 9.97 Å². The first kappa shape index (κ1) is 18.0. The van der Waals surface area contributed by atoms with Crippen molar-refractivity contribution in [2.75, 3.05) is 54.0 Å². The van der Waals surface area contributed by atoms with Crippen molar-refractivity contribution in [2.24, 2.45) is 5.92 Å². The van der Waals surface area contributed by atoms with Crippen LogP contribution in [0.3, 0.4) is 0 Å². The highest BCUT2D eigenvalue weighted by Gasteiger charge is 2.22. The number of piperidine rings is 1. The van der Waals surface area contributed by atoms with Crippen LogP contribution in [0.15, 0.2) is 30.3 Å². The van der Waals surface area contributed by atoms with Crippen molar-refractivity contribution in [2.45, 2.75) is 26.7 Å². The van der Waals surface area contributed by atoms with Crippen LogP contribution in [-0.4, -0.2) is 49.2 Å². The minimum atomic E-state index is -0.190. The second kappa shape index (κ2) is 7.71. The Balaban J connectivity index is 1.44. The van der Waals surface area contributed by atoms with Gasteiger partial charge in [0.15, 0.2) is 0 Å². The van der Waals surface area contributed by atoms with Crippen LogP contribution < -0.4 is 14.7 Å². The van der Waals surface area contributed by atoms with Crippen molar-refractivity contribution in [3.05, 3.63) is 41.8 Å². The van der Waals surface area contributed by atoms with Crippen LogP contribution in [0.2, 0.25) is 0 Å². The summed E-state index contributed by atoms with van der Waals surface area (Å²) in [6.45, 7) is 10.1. The largest absolute Gasteiger partial charge is 0.368 e. The van der Waals surface area contributed by atoms with Crippen molar-refractivity contribution in [1.82, 2.24) is 9.97 Å². The lowest BCUT2D eigenvalue weighted by atomic mass is 9.99. The fourth-order valence-corrected chi connectivity index (χ4v) is 3.89. The molecule has 0 unspecified atom stereocenters. The molecule has 3 heterocycles. The Labute approximate surface area is 160 Å². The van der Waals surface area contributed by atoms with Crippen molar-refractivity contribution in [1.29, 1.82) is 0 Å². The van der Waals surface area contributed by atoms with E-state index in [1.54, 1.807) is 0 Å². The minimum Gasteiger partial charge on any atom is -0.368 e. The average Bonchev–Trinajstić information content (AvgIpc) is 2.69. The number of piperazine rings is 1. The Hall–Kier alpha value is -2.37. The Morgan fingerprint density at radius 3 is 2.15 bits per heavy atom. The lowest BCUT2D eigenvalue weighted by Crippen LogP contribution is -2.47. The maximum absolute atomic E-state index is 13.1. The van der Waals surface area contributed by atoms with Crippen LogP contribution in [0.25, 0.3) is 0 Å². The Morgan fingerprint density at radius 2 is 1.48 bits per heavy atom. The molecule has 6 heteroatoms.